The maximum atomic E-state index is 12.0. The minimum absolute atomic E-state index is 0.00838. The van der Waals surface area contributed by atoms with Crippen LogP contribution in [0.2, 0.25) is 0 Å². The predicted molar refractivity (Wildman–Crippen MR) is 101 cm³/mol. The van der Waals surface area contributed by atoms with Gasteiger partial charge in [-0.05, 0) is 52.9 Å². The van der Waals surface area contributed by atoms with Gasteiger partial charge in [-0.2, -0.15) is 0 Å². The predicted octanol–water partition coefficient (Wildman–Crippen LogP) is 3.04. The number of ketones is 1. The topological polar surface area (TPSA) is 104 Å². The summed E-state index contributed by atoms with van der Waals surface area (Å²) in [4.78, 5) is 22.8. The highest BCUT2D eigenvalue weighted by Crippen LogP contribution is 2.39. The fourth-order valence-corrected chi connectivity index (χ4v) is 3.46. The highest BCUT2D eigenvalue weighted by Gasteiger charge is 2.44. The molecule has 150 valence electrons. The molecule has 0 saturated heterocycles. The van der Waals surface area contributed by atoms with Crippen molar-refractivity contribution in [1.29, 1.82) is 0 Å². The van der Waals surface area contributed by atoms with Gasteiger partial charge in [-0.3, -0.25) is 4.79 Å². The standard InChI is InChI=1S/C21H30O6/c1-13(6-4-8-14(2)20(24)25)7-5-11-21(3,26)18-12-15-16(22)9-10-17(23)19(15)27-18/h7-8,17-18,23,26H,4-6,9-12H2,1-3H3,(H,24,25)/b13-7+,14-8+/t17-,18+,21+/m1/s1. The molecule has 0 amide bonds. The number of Topliss-reactive ketones (excluding diaryl/α,β-unsaturated/α-hetero) is 1. The van der Waals surface area contributed by atoms with Crippen molar-refractivity contribution in [2.45, 2.75) is 83.5 Å². The zero-order valence-electron chi connectivity index (χ0n) is 16.3. The SMILES string of the molecule is C/C(=C\CC[C@](C)(O)[C@@H]1CC2=C(O1)[C@H](O)CCC2=O)CC/C=C(\C)C(=O)O. The van der Waals surface area contributed by atoms with Crippen LogP contribution in [0.4, 0.5) is 0 Å². The lowest BCUT2D eigenvalue weighted by Gasteiger charge is -2.30. The number of aliphatic hydroxyl groups is 2. The molecule has 1 aliphatic heterocycles. The Kier molecular flexibility index (Phi) is 7.00. The van der Waals surface area contributed by atoms with Crippen molar-refractivity contribution in [3.63, 3.8) is 0 Å². The number of hydrogen-bond acceptors (Lipinski definition) is 5. The first-order chi connectivity index (χ1) is 12.6. The lowest BCUT2D eigenvalue weighted by Crippen LogP contribution is -2.39. The summed E-state index contributed by atoms with van der Waals surface area (Å²) in [5.41, 5.74) is 0.910. The third kappa shape index (κ3) is 5.53. The van der Waals surface area contributed by atoms with Crippen LogP contribution in [0, 0.1) is 0 Å². The molecule has 3 atom stereocenters. The molecule has 0 unspecified atom stereocenters. The molecule has 0 saturated carbocycles. The van der Waals surface area contributed by atoms with Crippen molar-refractivity contribution in [2.75, 3.05) is 0 Å². The first kappa shape index (κ1) is 21.4. The molecule has 1 heterocycles. The van der Waals surface area contributed by atoms with Crippen LogP contribution in [-0.4, -0.2) is 44.9 Å². The highest BCUT2D eigenvalue weighted by atomic mass is 16.5. The van der Waals surface area contributed by atoms with Crippen molar-refractivity contribution in [3.8, 4) is 0 Å². The number of rotatable bonds is 8. The molecule has 6 nitrogen and oxygen atoms in total. The van der Waals surface area contributed by atoms with E-state index in [1.54, 1.807) is 19.9 Å². The molecule has 0 aromatic rings. The summed E-state index contributed by atoms with van der Waals surface area (Å²) in [5, 5.41) is 29.7. The second-order valence-electron chi connectivity index (χ2n) is 7.81. The minimum Gasteiger partial charge on any atom is -0.488 e. The Labute approximate surface area is 160 Å². The molecule has 27 heavy (non-hydrogen) atoms. The van der Waals surface area contributed by atoms with Crippen LogP contribution in [0.5, 0.6) is 0 Å². The van der Waals surface area contributed by atoms with Gasteiger partial charge in [-0.25, -0.2) is 4.79 Å². The van der Waals surface area contributed by atoms with Crippen molar-refractivity contribution in [1.82, 2.24) is 0 Å². The van der Waals surface area contributed by atoms with Gasteiger partial charge in [0.1, 0.15) is 18.0 Å². The number of allylic oxidation sites excluding steroid dienone is 3. The fourth-order valence-electron chi connectivity index (χ4n) is 3.46. The van der Waals surface area contributed by atoms with Crippen molar-refractivity contribution >= 4 is 11.8 Å². The van der Waals surface area contributed by atoms with Crippen LogP contribution in [-0.2, 0) is 14.3 Å². The number of aliphatic hydroxyl groups excluding tert-OH is 1. The Bertz CT molecular complexity index is 683. The summed E-state index contributed by atoms with van der Waals surface area (Å²) in [6.07, 6.45) is 6.10. The van der Waals surface area contributed by atoms with Gasteiger partial charge in [0.2, 0.25) is 0 Å². The van der Waals surface area contributed by atoms with Gasteiger partial charge >= 0.3 is 5.97 Å². The fraction of sp³-hybridized carbons (Fsp3) is 0.619. The van der Waals surface area contributed by atoms with Gasteiger partial charge < -0.3 is 20.1 Å². The number of carboxylic acid groups (broad SMARTS) is 1. The second-order valence-corrected chi connectivity index (χ2v) is 7.81. The highest BCUT2D eigenvalue weighted by molar-refractivity contribution is 5.97. The molecular weight excluding hydrogens is 348 g/mol. The molecule has 1 aliphatic carbocycles. The molecule has 0 spiro atoms. The molecular formula is C21H30O6. The summed E-state index contributed by atoms with van der Waals surface area (Å²) in [6.45, 7) is 5.27. The lowest BCUT2D eigenvalue weighted by atomic mass is 9.87. The monoisotopic (exact) mass is 378 g/mol. The van der Waals surface area contributed by atoms with Gasteiger partial charge in [0.15, 0.2) is 5.78 Å². The van der Waals surface area contributed by atoms with Crippen LogP contribution in [0.15, 0.2) is 34.6 Å². The van der Waals surface area contributed by atoms with E-state index in [9.17, 15) is 19.8 Å². The third-order valence-electron chi connectivity index (χ3n) is 5.40. The van der Waals surface area contributed by atoms with E-state index < -0.39 is 23.8 Å². The number of carboxylic acids is 1. The van der Waals surface area contributed by atoms with E-state index in [1.165, 1.54) is 0 Å². The summed E-state index contributed by atoms with van der Waals surface area (Å²) >= 11 is 0. The van der Waals surface area contributed by atoms with Crippen molar-refractivity contribution in [3.05, 3.63) is 34.6 Å². The number of ether oxygens (including phenoxy) is 1. The largest absolute Gasteiger partial charge is 0.488 e. The molecule has 0 radical (unpaired) electrons. The quantitative estimate of drug-likeness (QED) is 0.443. The van der Waals surface area contributed by atoms with E-state index in [1.807, 2.05) is 13.0 Å². The number of carbonyl (C=O) groups is 2. The molecule has 3 N–H and O–H groups in total. The zero-order valence-corrected chi connectivity index (χ0v) is 16.3. The van der Waals surface area contributed by atoms with Crippen molar-refractivity contribution < 1.29 is 29.6 Å². The van der Waals surface area contributed by atoms with Gasteiger partial charge in [-0.15, -0.1) is 0 Å². The second kappa shape index (κ2) is 8.85. The van der Waals surface area contributed by atoms with E-state index in [0.717, 1.165) is 12.0 Å². The first-order valence-electron chi connectivity index (χ1n) is 9.51. The Morgan fingerprint density at radius 2 is 2.00 bits per heavy atom. The minimum atomic E-state index is -1.10. The number of hydrogen-bond donors (Lipinski definition) is 3. The summed E-state index contributed by atoms with van der Waals surface area (Å²) in [7, 11) is 0. The first-order valence-corrected chi connectivity index (χ1v) is 9.51. The summed E-state index contributed by atoms with van der Waals surface area (Å²) in [6, 6.07) is 0. The Morgan fingerprint density at radius 1 is 1.30 bits per heavy atom. The third-order valence-corrected chi connectivity index (χ3v) is 5.40. The molecule has 2 aliphatic rings. The van der Waals surface area contributed by atoms with Crippen LogP contribution < -0.4 is 0 Å². The summed E-state index contributed by atoms with van der Waals surface area (Å²) in [5.74, 6) is -0.540. The van der Waals surface area contributed by atoms with Crippen LogP contribution >= 0.6 is 0 Å². The summed E-state index contributed by atoms with van der Waals surface area (Å²) < 4.78 is 5.76. The number of carbonyl (C=O) groups excluding carboxylic acids is 1. The van der Waals surface area contributed by atoms with Gasteiger partial charge in [0.05, 0.1) is 5.60 Å². The average molecular weight is 378 g/mol. The smallest absolute Gasteiger partial charge is 0.330 e. The van der Waals surface area contributed by atoms with Crippen LogP contribution in [0.1, 0.15) is 65.7 Å². The Morgan fingerprint density at radius 3 is 2.63 bits per heavy atom. The van der Waals surface area contributed by atoms with E-state index >= 15 is 0 Å². The molecule has 0 bridgehead atoms. The average Bonchev–Trinajstić information content (AvgIpc) is 3.05. The Balaban J connectivity index is 1.84. The normalized spacial score (nSPS) is 25.9. The maximum Gasteiger partial charge on any atom is 0.330 e. The zero-order chi connectivity index (χ0) is 20.2. The van der Waals surface area contributed by atoms with E-state index in [-0.39, 0.29) is 5.78 Å². The van der Waals surface area contributed by atoms with Crippen LogP contribution in [0.25, 0.3) is 0 Å². The van der Waals surface area contributed by atoms with Gasteiger partial charge in [0, 0.05) is 24.0 Å². The number of aliphatic carboxylic acids is 1. The van der Waals surface area contributed by atoms with Gasteiger partial charge in [0.25, 0.3) is 0 Å². The maximum absolute atomic E-state index is 12.0. The van der Waals surface area contributed by atoms with Crippen molar-refractivity contribution in [2.24, 2.45) is 0 Å². The molecule has 2 rings (SSSR count). The van der Waals surface area contributed by atoms with Crippen LogP contribution in [0.3, 0.4) is 0 Å². The van der Waals surface area contributed by atoms with E-state index in [4.69, 9.17) is 9.84 Å². The Hall–Kier alpha value is -1.92. The molecule has 0 fully saturated rings. The lowest BCUT2D eigenvalue weighted by molar-refractivity contribution is -0.132. The molecule has 0 aromatic carbocycles. The van der Waals surface area contributed by atoms with E-state index in [2.05, 4.69) is 0 Å². The molecule has 0 aromatic heterocycles. The van der Waals surface area contributed by atoms with E-state index in [0.29, 0.717) is 55.4 Å². The van der Waals surface area contributed by atoms with Gasteiger partial charge in [-0.1, -0.05) is 17.7 Å². The molecule has 6 heteroatoms.